The highest BCUT2D eigenvalue weighted by molar-refractivity contribution is 5.19. The highest BCUT2D eigenvalue weighted by Crippen LogP contribution is 2.18. The van der Waals surface area contributed by atoms with Gasteiger partial charge in [-0.2, -0.15) is 0 Å². The van der Waals surface area contributed by atoms with Crippen LogP contribution in [0, 0.1) is 5.82 Å². The minimum atomic E-state index is -0.162. The standard InChI is InChI=1S/C17H27FN2/c1-3-4-11-20-12-9-17(10-13-20)19-14(2)15-5-7-16(18)8-6-15/h5-8,14,17,19H,3-4,9-13H2,1-2H3. The van der Waals surface area contributed by atoms with Gasteiger partial charge in [0.1, 0.15) is 5.82 Å². The summed E-state index contributed by atoms with van der Waals surface area (Å²) >= 11 is 0. The van der Waals surface area contributed by atoms with Crippen LogP contribution < -0.4 is 5.32 Å². The second-order valence-electron chi connectivity index (χ2n) is 5.91. The fourth-order valence-electron chi connectivity index (χ4n) is 2.91. The van der Waals surface area contributed by atoms with Gasteiger partial charge < -0.3 is 10.2 Å². The number of rotatable bonds is 6. The van der Waals surface area contributed by atoms with Crippen molar-refractivity contribution in [1.29, 1.82) is 0 Å². The minimum Gasteiger partial charge on any atom is -0.307 e. The highest BCUT2D eigenvalue weighted by Gasteiger charge is 2.20. The molecule has 0 spiro atoms. The van der Waals surface area contributed by atoms with Gasteiger partial charge in [-0.3, -0.25) is 0 Å². The summed E-state index contributed by atoms with van der Waals surface area (Å²) in [6.07, 6.45) is 5.02. The lowest BCUT2D eigenvalue weighted by molar-refractivity contribution is 0.190. The molecule has 1 saturated heterocycles. The van der Waals surface area contributed by atoms with Crippen molar-refractivity contribution in [2.45, 2.75) is 51.6 Å². The first-order valence-corrected chi connectivity index (χ1v) is 7.93. The summed E-state index contributed by atoms with van der Waals surface area (Å²) in [7, 11) is 0. The van der Waals surface area contributed by atoms with E-state index in [0.717, 1.165) is 0 Å². The monoisotopic (exact) mass is 278 g/mol. The van der Waals surface area contributed by atoms with Gasteiger partial charge in [-0.05, 0) is 63.5 Å². The molecule has 0 bridgehead atoms. The van der Waals surface area contributed by atoms with Crippen LogP contribution in [0.15, 0.2) is 24.3 Å². The molecule has 20 heavy (non-hydrogen) atoms. The van der Waals surface area contributed by atoms with Gasteiger partial charge in [-0.15, -0.1) is 0 Å². The second kappa shape index (κ2) is 7.75. The van der Waals surface area contributed by atoms with Crippen LogP contribution in [0.4, 0.5) is 4.39 Å². The number of benzene rings is 1. The summed E-state index contributed by atoms with van der Waals surface area (Å²) in [6.45, 7) is 8.06. The molecular formula is C17H27FN2. The summed E-state index contributed by atoms with van der Waals surface area (Å²) in [5.74, 6) is -0.162. The summed E-state index contributed by atoms with van der Waals surface area (Å²) in [5.41, 5.74) is 1.17. The lowest BCUT2D eigenvalue weighted by Gasteiger charge is -2.34. The fraction of sp³-hybridized carbons (Fsp3) is 0.647. The van der Waals surface area contributed by atoms with E-state index in [2.05, 4.69) is 24.1 Å². The van der Waals surface area contributed by atoms with Crippen LogP contribution in [-0.4, -0.2) is 30.6 Å². The van der Waals surface area contributed by atoms with Crippen molar-refractivity contribution >= 4 is 0 Å². The van der Waals surface area contributed by atoms with Gasteiger partial charge in [-0.25, -0.2) is 4.39 Å². The van der Waals surface area contributed by atoms with Crippen molar-refractivity contribution in [2.24, 2.45) is 0 Å². The summed E-state index contributed by atoms with van der Waals surface area (Å²) in [5, 5.41) is 3.68. The molecular weight excluding hydrogens is 251 g/mol. The number of halogens is 1. The molecule has 1 aliphatic heterocycles. The van der Waals surface area contributed by atoms with Gasteiger partial charge in [0.2, 0.25) is 0 Å². The zero-order chi connectivity index (χ0) is 14.4. The van der Waals surface area contributed by atoms with Crippen LogP contribution >= 0.6 is 0 Å². The van der Waals surface area contributed by atoms with Gasteiger partial charge in [0.05, 0.1) is 0 Å². The van der Waals surface area contributed by atoms with Crippen molar-refractivity contribution in [3.63, 3.8) is 0 Å². The Hall–Kier alpha value is -0.930. The van der Waals surface area contributed by atoms with Gasteiger partial charge in [0.15, 0.2) is 0 Å². The quantitative estimate of drug-likeness (QED) is 0.852. The largest absolute Gasteiger partial charge is 0.307 e. The van der Waals surface area contributed by atoms with E-state index in [9.17, 15) is 4.39 Å². The van der Waals surface area contributed by atoms with Crippen LogP contribution in [0.3, 0.4) is 0 Å². The van der Waals surface area contributed by atoms with Crippen LogP contribution in [-0.2, 0) is 0 Å². The normalized spacial score (nSPS) is 19.1. The number of piperidine rings is 1. The zero-order valence-corrected chi connectivity index (χ0v) is 12.7. The van der Waals surface area contributed by atoms with Crippen LogP contribution in [0.2, 0.25) is 0 Å². The third-order valence-electron chi connectivity index (χ3n) is 4.27. The van der Waals surface area contributed by atoms with Gasteiger partial charge in [0, 0.05) is 12.1 Å². The lowest BCUT2D eigenvalue weighted by atomic mass is 10.0. The van der Waals surface area contributed by atoms with Crippen molar-refractivity contribution < 1.29 is 4.39 Å². The van der Waals surface area contributed by atoms with E-state index < -0.39 is 0 Å². The van der Waals surface area contributed by atoms with E-state index in [1.807, 2.05) is 12.1 Å². The third kappa shape index (κ3) is 4.57. The molecule has 3 heteroatoms. The summed E-state index contributed by atoms with van der Waals surface area (Å²) in [4.78, 5) is 2.57. The first-order valence-electron chi connectivity index (χ1n) is 7.93. The van der Waals surface area contributed by atoms with Gasteiger partial charge in [-0.1, -0.05) is 25.5 Å². The van der Waals surface area contributed by atoms with Crippen LogP contribution in [0.1, 0.15) is 51.1 Å². The van der Waals surface area contributed by atoms with E-state index >= 15 is 0 Å². The molecule has 112 valence electrons. The fourth-order valence-corrected chi connectivity index (χ4v) is 2.91. The van der Waals surface area contributed by atoms with Crippen molar-refractivity contribution in [2.75, 3.05) is 19.6 Å². The predicted octanol–water partition coefficient (Wildman–Crippen LogP) is 3.74. The molecule has 0 amide bonds. The molecule has 1 aromatic carbocycles. The molecule has 2 nitrogen and oxygen atoms in total. The highest BCUT2D eigenvalue weighted by atomic mass is 19.1. The maximum Gasteiger partial charge on any atom is 0.123 e. The molecule has 2 rings (SSSR count). The van der Waals surface area contributed by atoms with E-state index in [1.54, 1.807) is 12.1 Å². The Morgan fingerprint density at radius 1 is 1.25 bits per heavy atom. The molecule has 0 aromatic heterocycles. The minimum absolute atomic E-state index is 0.162. The van der Waals surface area contributed by atoms with Crippen molar-refractivity contribution in [1.82, 2.24) is 10.2 Å². The predicted molar refractivity (Wildman–Crippen MR) is 82.3 cm³/mol. The molecule has 1 fully saturated rings. The molecule has 0 aliphatic carbocycles. The van der Waals surface area contributed by atoms with E-state index in [-0.39, 0.29) is 5.82 Å². The number of hydrogen-bond donors (Lipinski definition) is 1. The molecule has 1 aliphatic rings. The molecule has 1 N–H and O–H groups in total. The molecule has 1 heterocycles. The van der Waals surface area contributed by atoms with Gasteiger partial charge in [0.25, 0.3) is 0 Å². The Bertz CT molecular complexity index is 382. The smallest absolute Gasteiger partial charge is 0.123 e. The summed E-state index contributed by atoms with van der Waals surface area (Å²) in [6, 6.07) is 7.73. The Labute approximate surface area is 122 Å². The van der Waals surface area contributed by atoms with Crippen LogP contribution in [0.5, 0.6) is 0 Å². The average Bonchev–Trinajstić information content (AvgIpc) is 2.47. The number of likely N-dealkylation sites (tertiary alicyclic amines) is 1. The topological polar surface area (TPSA) is 15.3 Å². The maximum absolute atomic E-state index is 12.9. The number of unbranched alkanes of at least 4 members (excludes halogenated alkanes) is 1. The summed E-state index contributed by atoms with van der Waals surface area (Å²) < 4.78 is 12.9. The molecule has 1 unspecified atom stereocenters. The average molecular weight is 278 g/mol. The van der Waals surface area contributed by atoms with Crippen molar-refractivity contribution in [3.8, 4) is 0 Å². The number of nitrogens with one attached hydrogen (secondary N) is 1. The Balaban J connectivity index is 1.76. The molecule has 1 aromatic rings. The lowest BCUT2D eigenvalue weighted by Crippen LogP contribution is -2.43. The Kier molecular flexibility index (Phi) is 5.99. The van der Waals surface area contributed by atoms with E-state index in [1.165, 1.54) is 50.9 Å². The van der Waals surface area contributed by atoms with Gasteiger partial charge >= 0.3 is 0 Å². The maximum atomic E-state index is 12.9. The third-order valence-corrected chi connectivity index (χ3v) is 4.27. The van der Waals surface area contributed by atoms with Crippen LogP contribution in [0.25, 0.3) is 0 Å². The number of hydrogen-bond acceptors (Lipinski definition) is 2. The molecule has 0 radical (unpaired) electrons. The first kappa shape index (κ1) is 15.5. The number of nitrogens with zero attached hydrogens (tertiary/aromatic N) is 1. The Morgan fingerprint density at radius 3 is 2.50 bits per heavy atom. The Morgan fingerprint density at radius 2 is 1.90 bits per heavy atom. The van der Waals surface area contributed by atoms with E-state index in [4.69, 9.17) is 0 Å². The van der Waals surface area contributed by atoms with E-state index in [0.29, 0.717) is 12.1 Å². The second-order valence-corrected chi connectivity index (χ2v) is 5.91. The first-order chi connectivity index (χ1) is 9.69. The SMILES string of the molecule is CCCCN1CCC(NC(C)c2ccc(F)cc2)CC1. The zero-order valence-electron chi connectivity index (χ0n) is 12.7. The van der Waals surface area contributed by atoms with Crippen molar-refractivity contribution in [3.05, 3.63) is 35.6 Å². The molecule has 1 atom stereocenters. The molecule has 0 saturated carbocycles.